The zero-order valence-corrected chi connectivity index (χ0v) is 14.6. The summed E-state index contributed by atoms with van der Waals surface area (Å²) in [6.07, 6.45) is 15.2. The van der Waals surface area contributed by atoms with E-state index in [4.69, 9.17) is 0 Å². The van der Waals surface area contributed by atoms with Crippen LogP contribution in [0.5, 0.6) is 0 Å². The van der Waals surface area contributed by atoms with Crippen LogP contribution < -0.4 is 5.32 Å². The van der Waals surface area contributed by atoms with Crippen LogP contribution in [0.4, 0.5) is 5.69 Å². The third-order valence-electron chi connectivity index (χ3n) is 4.11. The second kappa shape index (κ2) is 8.16. The predicted octanol–water partition coefficient (Wildman–Crippen LogP) is 6.45. The molecule has 2 aromatic carbocycles. The molecule has 0 aliphatic carbocycles. The lowest BCUT2D eigenvalue weighted by Gasteiger charge is -2.12. The summed E-state index contributed by atoms with van der Waals surface area (Å²) in [6, 6.07) is 17.0. The van der Waals surface area contributed by atoms with Crippen LogP contribution in [-0.4, -0.2) is 0 Å². The molecule has 3 rings (SSSR count). The Hall–Kier alpha value is -3.06. The minimum atomic E-state index is 0.825. The first-order valence-electron chi connectivity index (χ1n) is 8.56. The topological polar surface area (TPSA) is 12.0 Å². The normalized spacial score (nSPS) is 18.0. The third-order valence-corrected chi connectivity index (χ3v) is 4.11. The Kier molecular flexibility index (Phi) is 5.48. The fraction of sp³-hybridized carbons (Fsp3) is 0.0833. The number of rotatable bonds is 3. The van der Waals surface area contributed by atoms with Crippen molar-refractivity contribution in [3.05, 3.63) is 114 Å². The van der Waals surface area contributed by atoms with Gasteiger partial charge in [-0.1, -0.05) is 78.9 Å². The molecule has 1 aliphatic heterocycles. The smallest absolute Gasteiger partial charge is 0.0416 e. The van der Waals surface area contributed by atoms with E-state index >= 15 is 0 Å². The lowest BCUT2D eigenvalue weighted by Crippen LogP contribution is -1.96. The number of fused-ring (bicyclic) bond motifs is 1. The van der Waals surface area contributed by atoms with Crippen molar-refractivity contribution in [3.8, 4) is 11.1 Å². The van der Waals surface area contributed by atoms with Gasteiger partial charge in [-0.15, -0.1) is 0 Å². The SMILES string of the molecule is C=C1/C=C(/C=C\C=C/C)\C=C/Nc2ccc(-c3ccccc3)cc2C1. The lowest BCUT2D eigenvalue weighted by molar-refractivity contribution is 1.21. The summed E-state index contributed by atoms with van der Waals surface area (Å²) in [5, 5.41) is 3.41. The molecule has 1 aliphatic rings. The summed E-state index contributed by atoms with van der Waals surface area (Å²) in [5.41, 5.74) is 7.08. The highest BCUT2D eigenvalue weighted by Gasteiger charge is 2.07. The highest BCUT2D eigenvalue weighted by molar-refractivity contribution is 5.70. The molecule has 0 aromatic heterocycles. The average molecular weight is 325 g/mol. The van der Waals surface area contributed by atoms with Gasteiger partial charge in [-0.05, 0) is 53.8 Å². The summed E-state index contributed by atoms with van der Waals surface area (Å²) in [4.78, 5) is 0. The molecule has 124 valence electrons. The van der Waals surface area contributed by atoms with Gasteiger partial charge in [-0.3, -0.25) is 0 Å². The maximum Gasteiger partial charge on any atom is 0.0416 e. The summed E-state index contributed by atoms with van der Waals surface area (Å²) in [5.74, 6) is 0. The molecule has 1 nitrogen and oxygen atoms in total. The van der Waals surface area contributed by atoms with Gasteiger partial charge in [-0.25, -0.2) is 0 Å². The van der Waals surface area contributed by atoms with Crippen molar-refractivity contribution in [1.82, 2.24) is 0 Å². The lowest BCUT2D eigenvalue weighted by atomic mass is 9.97. The van der Waals surface area contributed by atoms with Crippen molar-refractivity contribution in [3.63, 3.8) is 0 Å². The van der Waals surface area contributed by atoms with E-state index in [1.807, 2.05) is 37.4 Å². The van der Waals surface area contributed by atoms with Crippen LogP contribution in [0.3, 0.4) is 0 Å². The number of hydrogen-bond acceptors (Lipinski definition) is 1. The van der Waals surface area contributed by atoms with Gasteiger partial charge >= 0.3 is 0 Å². The maximum absolute atomic E-state index is 4.25. The van der Waals surface area contributed by atoms with Crippen LogP contribution in [0, 0.1) is 0 Å². The van der Waals surface area contributed by atoms with Crippen LogP contribution in [0.1, 0.15) is 12.5 Å². The molecule has 0 saturated carbocycles. The van der Waals surface area contributed by atoms with E-state index in [0.29, 0.717) is 0 Å². The van der Waals surface area contributed by atoms with Crippen molar-refractivity contribution in [2.45, 2.75) is 13.3 Å². The Morgan fingerprint density at radius 3 is 2.64 bits per heavy atom. The Labute approximate surface area is 150 Å². The van der Waals surface area contributed by atoms with E-state index in [-0.39, 0.29) is 0 Å². The minimum Gasteiger partial charge on any atom is -0.361 e. The molecular formula is C24H23N. The zero-order valence-electron chi connectivity index (χ0n) is 14.6. The van der Waals surface area contributed by atoms with Crippen molar-refractivity contribution < 1.29 is 0 Å². The second-order valence-corrected chi connectivity index (χ2v) is 6.08. The van der Waals surface area contributed by atoms with Gasteiger partial charge in [0.1, 0.15) is 0 Å². The third kappa shape index (κ3) is 4.48. The molecular weight excluding hydrogens is 302 g/mol. The van der Waals surface area contributed by atoms with Crippen LogP contribution in [-0.2, 0) is 6.42 Å². The number of benzene rings is 2. The fourth-order valence-corrected chi connectivity index (χ4v) is 2.88. The Morgan fingerprint density at radius 1 is 1.00 bits per heavy atom. The summed E-state index contributed by atoms with van der Waals surface area (Å²) in [6.45, 7) is 6.26. The molecule has 2 aromatic rings. The van der Waals surface area contributed by atoms with E-state index in [1.165, 1.54) is 16.7 Å². The van der Waals surface area contributed by atoms with Gasteiger partial charge in [0.25, 0.3) is 0 Å². The maximum atomic E-state index is 4.25. The quantitative estimate of drug-likeness (QED) is 0.639. The number of anilines is 1. The van der Waals surface area contributed by atoms with E-state index in [9.17, 15) is 0 Å². The molecule has 1 heterocycles. The fourth-order valence-electron chi connectivity index (χ4n) is 2.88. The Morgan fingerprint density at radius 2 is 1.84 bits per heavy atom. The number of nitrogens with one attached hydrogen (secondary N) is 1. The first-order valence-corrected chi connectivity index (χ1v) is 8.56. The molecule has 25 heavy (non-hydrogen) atoms. The Balaban J connectivity index is 1.91. The molecule has 0 unspecified atom stereocenters. The second-order valence-electron chi connectivity index (χ2n) is 6.08. The molecule has 0 atom stereocenters. The van der Waals surface area contributed by atoms with E-state index in [1.54, 1.807) is 0 Å². The molecule has 1 N–H and O–H groups in total. The van der Waals surface area contributed by atoms with Crippen LogP contribution in [0.15, 0.2) is 109 Å². The van der Waals surface area contributed by atoms with Crippen LogP contribution >= 0.6 is 0 Å². The number of hydrogen-bond donors (Lipinski definition) is 1. The van der Waals surface area contributed by atoms with Gasteiger partial charge in [0.15, 0.2) is 0 Å². The van der Waals surface area contributed by atoms with Crippen molar-refractivity contribution in [2.24, 2.45) is 0 Å². The zero-order chi connectivity index (χ0) is 17.5. The number of allylic oxidation sites excluding steroid dienone is 8. The van der Waals surface area contributed by atoms with E-state index < -0.39 is 0 Å². The molecule has 0 amide bonds. The molecule has 1 heteroatoms. The first-order chi connectivity index (χ1) is 12.3. The molecule has 0 radical (unpaired) electrons. The van der Waals surface area contributed by atoms with Gasteiger partial charge < -0.3 is 5.32 Å². The van der Waals surface area contributed by atoms with Crippen molar-refractivity contribution in [1.29, 1.82) is 0 Å². The molecule has 0 bridgehead atoms. The summed E-state index contributed by atoms with van der Waals surface area (Å²) in [7, 11) is 0. The molecule has 0 fully saturated rings. The van der Waals surface area contributed by atoms with Crippen molar-refractivity contribution in [2.75, 3.05) is 5.32 Å². The van der Waals surface area contributed by atoms with Crippen molar-refractivity contribution >= 4 is 5.69 Å². The predicted molar refractivity (Wildman–Crippen MR) is 110 cm³/mol. The first kappa shape index (κ1) is 16.8. The minimum absolute atomic E-state index is 0.825. The van der Waals surface area contributed by atoms with Gasteiger partial charge in [0.2, 0.25) is 0 Å². The van der Waals surface area contributed by atoms with Gasteiger partial charge in [0.05, 0.1) is 0 Å². The van der Waals surface area contributed by atoms with Crippen LogP contribution in [0.25, 0.3) is 11.1 Å². The van der Waals surface area contributed by atoms with Crippen LogP contribution in [0.2, 0.25) is 0 Å². The molecule has 0 spiro atoms. The highest BCUT2D eigenvalue weighted by atomic mass is 14.8. The monoisotopic (exact) mass is 325 g/mol. The molecule has 0 saturated heterocycles. The van der Waals surface area contributed by atoms with E-state index in [2.05, 4.69) is 72.6 Å². The Bertz CT molecular complexity index is 864. The highest BCUT2D eigenvalue weighted by Crippen LogP contribution is 2.28. The van der Waals surface area contributed by atoms with Gasteiger partial charge in [0, 0.05) is 11.9 Å². The largest absolute Gasteiger partial charge is 0.361 e. The van der Waals surface area contributed by atoms with E-state index in [0.717, 1.165) is 23.3 Å². The standard InChI is InChI=1S/C24H23N/c1-3-4-6-9-20-14-15-25-24-13-12-22(21-10-7-5-8-11-21)18-23(24)17-19(2)16-20/h3-16,18,25H,2,17H2,1H3/b4-3-,9-6-,15-14-,20-16-. The summed E-state index contributed by atoms with van der Waals surface area (Å²) < 4.78 is 0. The average Bonchev–Trinajstić information content (AvgIpc) is 2.70. The summed E-state index contributed by atoms with van der Waals surface area (Å²) >= 11 is 0. The van der Waals surface area contributed by atoms with Gasteiger partial charge in [-0.2, -0.15) is 0 Å².